The Morgan fingerprint density at radius 3 is 2.48 bits per heavy atom. The van der Waals surface area contributed by atoms with Crippen LogP contribution in [0.4, 0.5) is 17.1 Å². The number of amides is 1. The van der Waals surface area contributed by atoms with E-state index in [1.54, 1.807) is 25.3 Å². The number of nitro groups is 1. The van der Waals surface area contributed by atoms with Crippen LogP contribution < -0.4 is 20.1 Å². The maximum absolute atomic E-state index is 12.7. The minimum absolute atomic E-state index is 0.151. The standard InChI is InChI=1S/C20H25N3O6/c1-4-28-15-7-9-19(29-5-2)17(13-15)22-20(24)14-6-8-16(21-10-11-27-3)18(12-14)23(25)26/h6-9,12-13,21H,4-5,10-11H2,1-3H3,(H,22,24). The number of nitrogens with one attached hydrogen (secondary N) is 2. The lowest BCUT2D eigenvalue weighted by molar-refractivity contribution is -0.384. The molecule has 9 heteroatoms. The largest absolute Gasteiger partial charge is 0.494 e. The fourth-order valence-corrected chi connectivity index (χ4v) is 2.60. The topological polar surface area (TPSA) is 112 Å². The molecule has 9 nitrogen and oxygen atoms in total. The van der Waals surface area contributed by atoms with Gasteiger partial charge >= 0.3 is 0 Å². The SMILES string of the molecule is CCOc1ccc(OCC)c(NC(=O)c2ccc(NCCOC)c([N+](=O)[O-])c2)c1. The molecular weight excluding hydrogens is 378 g/mol. The maximum Gasteiger partial charge on any atom is 0.293 e. The van der Waals surface area contributed by atoms with E-state index in [1.807, 2.05) is 13.8 Å². The minimum Gasteiger partial charge on any atom is -0.494 e. The van der Waals surface area contributed by atoms with Crippen LogP contribution in [-0.4, -0.2) is 44.3 Å². The Bertz CT molecular complexity index is 856. The highest BCUT2D eigenvalue weighted by Gasteiger charge is 2.18. The van der Waals surface area contributed by atoms with Gasteiger partial charge in [0.2, 0.25) is 0 Å². The van der Waals surface area contributed by atoms with Gasteiger partial charge in [0.25, 0.3) is 11.6 Å². The third-order valence-corrected chi connectivity index (χ3v) is 3.89. The van der Waals surface area contributed by atoms with Gasteiger partial charge in [-0.2, -0.15) is 0 Å². The Labute approximate surface area is 169 Å². The lowest BCUT2D eigenvalue weighted by Gasteiger charge is -2.14. The van der Waals surface area contributed by atoms with Crippen LogP contribution in [0.15, 0.2) is 36.4 Å². The Morgan fingerprint density at radius 1 is 1.07 bits per heavy atom. The van der Waals surface area contributed by atoms with E-state index in [-0.39, 0.29) is 11.3 Å². The first-order chi connectivity index (χ1) is 14.0. The molecule has 0 aliphatic carbocycles. The van der Waals surface area contributed by atoms with Gasteiger partial charge in [-0.15, -0.1) is 0 Å². The first-order valence-electron chi connectivity index (χ1n) is 9.22. The summed E-state index contributed by atoms with van der Waals surface area (Å²) in [6.45, 7) is 5.40. The molecule has 0 heterocycles. The molecule has 2 aromatic rings. The zero-order chi connectivity index (χ0) is 21.2. The van der Waals surface area contributed by atoms with Gasteiger partial charge in [0.05, 0.1) is 30.4 Å². The molecule has 0 saturated carbocycles. The van der Waals surface area contributed by atoms with E-state index in [0.717, 1.165) is 0 Å². The fourth-order valence-electron chi connectivity index (χ4n) is 2.60. The summed E-state index contributed by atoms with van der Waals surface area (Å²) in [5.41, 5.74) is 0.699. The minimum atomic E-state index is -0.534. The van der Waals surface area contributed by atoms with E-state index >= 15 is 0 Å². The predicted molar refractivity (Wildman–Crippen MR) is 110 cm³/mol. The Balaban J connectivity index is 2.27. The van der Waals surface area contributed by atoms with Crippen LogP contribution in [0.5, 0.6) is 11.5 Å². The molecule has 0 spiro atoms. The summed E-state index contributed by atoms with van der Waals surface area (Å²) in [5.74, 6) is 0.567. The molecule has 156 valence electrons. The molecule has 0 fully saturated rings. The number of benzene rings is 2. The number of carbonyl (C=O) groups is 1. The molecule has 0 aliphatic heterocycles. The number of hydrogen-bond donors (Lipinski definition) is 2. The maximum atomic E-state index is 12.7. The molecular formula is C20H25N3O6. The Hall–Kier alpha value is -3.33. The van der Waals surface area contributed by atoms with Crippen molar-refractivity contribution in [1.29, 1.82) is 0 Å². The van der Waals surface area contributed by atoms with Crippen LogP contribution in [0.25, 0.3) is 0 Å². The highest BCUT2D eigenvalue weighted by Crippen LogP contribution is 2.31. The first-order valence-corrected chi connectivity index (χ1v) is 9.22. The molecule has 0 aromatic heterocycles. The monoisotopic (exact) mass is 403 g/mol. The second kappa shape index (κ2) is 10.9. The molecule has 0 bridgehead atoms. The smallest absolute Gasteiger partial charge is 0.293 e. The molecule has 2 rings (SSSR count). The molecule has 0 radical (unpaired) electrons. The quantitative estimate of drug-likeness (QED) is 0.334. The summed E-state index contributed by atoms with van der Waals surface area (Å²) < 4.78 is 15.9. The van der Waals surface area contributed by atoms with Gasteiger partial charge in [-0.05, 0) is 38.1 Å². The highest BCUT2D eigenvalue weighted by molar-refractivity contribution is 6.06. The van der Waals surface area contributed by atoms with Gasteiger partial charge in [-0.25, -0.2) is 0 Å². The molecule has 29 heavy (non-hydrogen) atoms. The number of methoxy groups -OCH3 is 1. The van der Waals surface area contributed by atoms with E-state index < -0.39 is 10.8 Å². The average Bonchev–Trinajstić information content (AvgIpc) is 2.70. The molecule has 2 aromatic carbocycles. The Kier molecular flexibility index (Phi) is 8.23. The zero-order valence-corrected chi connectivity index (χ0v) is 16.7. The number of anilines is 2. The summed E-state index contributed by atoms with van der Waals surface area (Å²) in [7, 11) is 1.54. The Morgan fingerprint density at radius 2 is 1.83 bits per heavy atom. The summed E-state index contributed by atoms with van der Waals surface area (Å²) in [6.07, 6.45) is 0. The molecule has 0 aliphatic rings. The average molecular weight is 403 g/mol. The van der Waals surface area contributed by atoms with Crippen LogP contribution in [0.1, 0.15) is 24.2 Å². The molecule has 0 unspecified atom stereocenters. The van der Waals surface area contributed by atoms with Crippen molar-refractivity contribution in [3.63, 3.8) is 0 Å². The third kappa shape index (κ3) is 6.08. The number of hydrogen-bond acceptors (Lipinski definition) is 7. The predicted octanol–water partition coefficient (Wildman–Crippen LogP) is 3.70. The van der Waals surface area contributed by atoms with Crippen molar-refractivity contribution < 1.29 is 23.9 Å². The van der Waals surface area contributed by atoms with Crippen molar-refractivity contribution in [3.05, 3.63) is 52.1 Å². The summed E-state index contributed by atoms with van der Waals surface area (Å²) in [5, 5.41) is 17.1. The number of rotatable bonds is 11. The van der Waals surface area contributed by atoms with Crippen molar-refractivity contribution in [2.45, 2.75) is 13.8 Å². The van der Waals surface area contributed by atoms with Gasteiger partial charge in [-0.3, -0.25) is 14.9 Å². The van der Waals surface area contributed by atoms with Crippen LogP contribution in [-0.2, 0) is 4.74 Å². The molecule has 1 amide bonds. The number of nitro benzene ring substituents is 1. The van der Waals surface area contributed by atoms with Gasteiger partial charge < -0.3 is 24.8 Å². The van der Waals surface area contributed by atoms with Crippen molar-refractivity contribution >= 4 is 23.0 Å². The van der Waals surface area contributed by atoms with Crippen LogP contribution in [0.2, 0.25) is 0 Å². The zero-order valence-electron chi connectivity index (χ0n) is 16.7. The fraction of sp³-hybridized carbons (Fsp3) is 0.350. The van der Waals surface area contributed by atoms with E-state index in [9.17, 15) is 14.9 Å². The van der Waals surface area contributed by atoms with Gasteiger partial charge in [0.15, 0.2) is 0 Å². The lowest BCUT2D eigenvalue weighted by atomic mass is 10.1. The van der Waals surface area contributed by atoms with Gasteiger partial charge in [0, 0.05) is 31.4 Å². The van der Waals surface area contributed by atoms with Crippen molar-refractivity contribution in [3.8, 4) is 11.5 Å². The van der Waals surface area contributed by atoms with Crippen LogP contribution in [0.3, 0.4) is 0 Å². The van der Waals surface area contributed by atoms with Crippen molar-refractivity contribution in [2.75, 3.05) is 44.1 Å². The number of carbonyl (C=O) groups excluding carboxylic acids is 1. The van der Waals surface area contributed by atoms with E-state index in [0.29, 0.717) is 49.2 Å². The molecule has 2 N–H and O–H groups in total. The normalized spacial score (nSPS) is 10.3. The first kappa shape index (κ1) is 22.0. The molecule has 0 atom stereocenters. The van der Waals surface area contributed by atoms with E-state index in [4.69, 9.17) is 14.2 Å². The van der Waals surface area contributed by atoms with Crippen molar-refractivity contribution in [2.24, 2.45) is 0 Å². The van der Waals surface area contributed by atoms with Crippen LogP contribution in [0, 0.1) is 10.1 Å². The lowest BCUT2D eigenvalue weighted by Crippen LogP contribution is -2.14. The summed E-state index contributed by atoms with van der Waals surface area (Å²) in [4.78, 5) is 23.6. The van der Waals surface area contributed by atoms with E-state index in [1.165, 1.54) is 18.2 Å². The van der Waals surface area contributed by atoms with Gasteiger partial charge in [0.1, 0.15) is 17.2 Å². The van der Waals surface area contributed by atoms with Gasteiger partial charge in [-0.1, -0.05) is 0 Å². The molecule has 0 saturated heterocycles. The van der Waals surface area contributed by atoms with Crippen molar-refractivity contribution in [1.82, 2.24) is 0 Å². The number of nitrogens with zero attached hydrogens (tertiary/aromatic N) is 1. The van der Waals surface area contributed by atoms with Crippen LogP contribution >= 0.6 is 0 Å². The summed E-state index contributed by atoms with van der Waals surface area (Å²) >= 11 is 0. The second-order valence-electron chi connectivity index (χ2n) is 5.89. The van der Waals surface area contributed by atoms with E-state index in [2.05, 4.69) is 10.6 Å². The number of ether oxygens (including phenoxy) is 3. The highest BCUT2D eigenvalue weighted by atomic mass is 16.6. The second-order valence-corrected chi connectivity index (χ2v) is 5.89. The summed E-state index contributed by atoms with van der Waals surface area (Å²) in [6, 6.07) is 9.36. The third-order valence-electron chi connectivity index (χ3n) is 3.89.